The topological polar surface area (TPSA) is 42.4 Å². The van der Waals surface area contributed by atoms with E-state index in [0.717, 1.165) is 0 Å². The summed E-state index contributed by atoms with van der Waals surface area (Å²) in [5.41, 5.74) is 0.632. The Balaban J connectivity index is 2.70. The quantitative estimate of drug-likeness (QED) is 0.680. The molecule has 1 aromatic rings. The van der Waals surface area contributed by atoms with Gasteiger partial charge in [0.1, 0.15) is 0 Å². The van der Waals surface area contributed by atoms with Gasteiger partial charge in [0.25, 0.3) is 5.91 Å². The number of carbonyl (C=O) groups is 1. The van der Waals surface area contributed by atoms with Crippen LogP contribution in [0.25, 0.3) is 0 Å². The molecule has 1 amide bonds. The lowest BCUT2D eigenvalue weighted by Gasteiger charge is -2.20. The van der Waals surface area contributed by atoms with E-state index in [1.165, 1.54) is 0 Å². The first-order valence-electron chi connectivity index (χ1n) is 5.08. The summed E-state index contributed by atoms with van der Waals surface area (Å²) in [6.45, 7) is 5.23. The zero-order chi connectivity index (χ0) is 11.8. The van der Waals surface area contributed by atoms with Crippen molar-refractivity contribution in [2.45, 2.75) is 0 Å². The molecule has 4 nitrogen and oxygen atoms in total. The van der Waals surface area contributed by atoms with Crippen molar-refractivity contribution in [2.75, 3.05) is 26.8 Å². The Bertz CT molecular complexity index is 338. The lowest BCUT2D eigenvalue weighted by Crippen LogP contribution is -2.34. The highest BCUT2D eigenvalue weighted by Gasteiger charge is 2.13. The third kappa shape index (κ3) is 3.47. The molecule has 86 valence electrons. The van der Waals surface area contributed by atoms with Crippen molar-refractivity contribution >= 4 is 5.91 Å². The maximum Gasteiger partial charge on any atom is 0.254 e. The summed E-state index contributed by atoms with van der Waals surface area (Å²) in [6.07, 6.45) is 4.92. The van der Waals surface area contributed by atoms with Gasteiger partial charge in [-0.1, -0.05) is 6.08 Å². The van der Waals surface area contributed by atoms with E-state index in [2.05, 4.69) is 11.6 Å². The van der Waals surface area contributed by atoms with Crippen molar-refractivity contribution in [2.24, 2.45) is 0 Å². The number of carbonyl (C=O) groups excluding carboxylic acids is 1. The molecule has 0 atom stereocenters. The first-order chi connectivity index (χ1) is 7.79. The van der Waals surface area contributed by atoms with Crippen LogP contribution in [0.2, 0.25) is 0 Å². The molecule has 0 fully saturated rings. The van der Waals surface area contributed by atoms with Gasteiger partial charge in [-0.3, -0.25) is 9.78 Å². The van der Waals surface area contributed by atoms with Gasteiger partial charge in [-0.2, -0.15) is 0 Å². The summed E-state index contributed by atoms with van der Waals surface area (Å²) >= 11 is 0. The number of ether oxygens (including phenoxy) is 1. The fourth-order valence-corrected chi connectivity index (χ4v) is 1.31. The highest BCUT2D eigenvalue weighted by Crippen LogP contribution is 2.03. The number of aromatic nitrogens is 1. The van der Waals surface area contributed by atoms with Gasteiger partial charge in [-0.15, -0.1) is 6.58 Å². The minimum absolute atomic E-state index is 0.0284. The molecule has 0 aliphatic carbocycles. The van der Waals surface area contributed by atoms with E-state index < -0.39 is 0 Å². The molecule has 1 rings (SSSR count). The molecule has 4 heteroatoms. The van der Waals surface area contributed by atoms with E-state index in [-0.39, 0.29) is 5.91 Å². The lowest BCUT2D eigenvalue weighted by molar-refractivity contribution is 0.0718. The van der Waals surface area contributed by atoms with E-state index >= 15 is 0 Å². The predicted molar refractivity (Wildman–Crippen MR) is 62.2 cm³/mol. The third-order valence-electron chi connectivity index (χ3n) is 2.13. The minimum Gasteiger partial charge on any atom is -0.383 e. The Kier molecular flexibility index (Phi) is 5.22. The first kappa shape index (κ1) is 12.4. The van der Waals surface area contributed by atoms with E-state index in [1.807, 2.05) is 0 Å². The zero-order valence-electron chi connectivity index (χ0n) is 9.43. The second-order valence-electron chi connectivity index (χ2n) is 3.27. The molecular formula is C12H16N2O2. The van der Waals surface area contributed by atoms with Crippen molar-refractivity contribution in [3.05, 3.63) is 42.7 Å². The Morgan fingerprint density at radius 2 is 2.25 bits per heavy atom. The van der Waals surface area contributed by atoms with Gasteiger partial charge in [0.05, 0.1) is 6.61 Å². The van der Waals surface area contributed by atoms with E-state index in [4.69, 9.17) is 4.74 Å². The molecule has 1 aromatic heterocycles. The number of pyridine rings is 1. The number of hydrogen-bond donors (Lipinski definition) is 0. The Hall–Kier alpha value is -1.68. The second-order valence-corrected chi connectivity index (χ2v) is 3.27. The molecule has 1 heterocycles. The van der Waals surface area contributed by atoms with Crippen molar-refractivity contribution in [1.29, 1.82) is 0 Å². The van der Waals surface area contributed by atoms with Gasteiger partial charge in [0.15, 0.2) is 0 Å². The molecule has 0 N–H and O–H groups in total. The Morgan fingerprint density at radius 1 is 1.56 bits per heavy atom. The first-order valence-corrected chi connectivity index (χ1v) is 5.08. The number of methoxy groups -OCH3 is 1. The lowest BCUT2D eigenvalue weighted by atomic mass is 10.2. The molecule has 0 saturated heterocycles. The molecule has 0 radical (unpaired) electrons. The monoisotopic (exact) mass is 220 g/mol. The maximum absolute atomic E-state index is 12.0. The van der Waals surface area contributed by atoms with Crippen LogP contribution in [0.4, 0.5) is 0 Å². The number of nitrogens with zero attached hydrogens (tertiary/aromatic N) is 2. The highest BCUT2D eigenvalue weighted by atomic mass is 16.5. The summed E-state index contributed by atoms with van der Waals surface area (Å²) in [4.78, 5) is 17.6. The van der Waals surface area contributed by atoms with Crippen LogP contribution in [-0.4, -0.2) is 42.6 Å². The molecule has 0 unspecified atom stereocenters. The van der Waals surface area contributed by atoms with Crippen molar-refractivity contribution in [1.82, 2.24) is 9.88 Å². The summed E-state index contributed by atoms with van der Waals surface area (Å²) in [6, 6.07) is 3.40. The van der Waals surface area contributed by atoms with Crippen LogP contribution in [0.15, 0.2) is 37.2 Å². The van der Waals surface area contributed by atoms with Crippen LogP contribution in [0.1, 0.15) is 10.4 Å². The van der Waals surface area contributed by atoms with Crippen molar-refractivity contribution in [3.8, 4) is 0 Å². The van der Waals surface area contributed by atoms with Crippen LogP contribution in [0.5, 0.6) is 0 Å². The standard InChI is InChI=1S/C12H16N2O2/c1-3-8-14(9-10-16-2)12(15)11-4-6-13-7-5-11/h3-7H,1,8-10H2,2H3. The van der Waals surface area contributed by atoms with Crippen molar-refractivity contribution < 1.29 is 9.53 Å². The number of hydrogen-bond acceptors (Lipinski definition) is 3. The fourth-order valence-electron chi connectivity index (χ4n) is 1.31. The summed E-state index contributed by atoms with van der Waals surface area (Å²) in [7, 11) is 1.61. The average Bonchev–Trinajstić information content (AvgIpc) is 2.35. The molecule has 16 heavy (non-hydrogen) atoms. The van der Waals surface area contributed by atoms with Gasteiger partial charge < -0.3 is 9.64 Å². The number of amides is 1. The van der Waals surface area contributed by atoms with Gasteiger partial charge in [-0.25, -0.2) is 0 Å². The largest absolute Gasteiger partial charge is 0.383 e. The predicted octanol–water partition coefficient (Wildman–Crippen LogP) is 1.36. The van der Waals surface area contributed by atoms with Crippen LogP contribution in [0, 0.1) is 0 Å². The summed E-state index contributed by atoms with van der Waals surface area (Å²) < 4.78 is 4.96. The molecule has 0 spiro atoms. The van der Waals surface area contributed by atoms with E-state index in [1.54, 1.807) is 42.6 Å². The van der Waals surface area contributed by atoms with E-state index in [0.29, 0.717) is 25.3 Å². The average molecular weight is 220 g/mol. The zero-order valence-corrected chi connectivity index (χ0v) is 9.43. The second kappa shape index (κ2) is 6.74. The van der Waals surface area contributed by atoms with Gasteiger partial charge in [0, 0.05) is 38.2 Å². The molecular weight excluding hydrogens is 204 g/mol. The SMILES string of the molecule is C=CCN(CCOC)C(=O)c1ccncc1. The Labute approximate surface area is 95.6 Å². The molecule has 0 aliphatic rings. The number of rotatable bonds is 6. The summed E-state index contributed by atoms with van der Waals surface area (Å²) in [5, 5.41) is 0. The van der Waals surface area contributed by atoms with Crippen LogP contribution < -0.4 is 0 Å². The Morgan fingerprint density at radius 3 is 2.81 bits per heavy atom. The third-order valence-corrected chi connectivity index (χ3v) is 2.13. The smallest absolute Gasteiger partial charge is 0.254 e. The van der Waals surface area contributed by atoms with Crippen molar-refractivity contribution in [3.63, 3.8) is 0 Å². The van der Waals surface area contributed by atoms with Gasteiger partial charge in [-0.05, 0) is 12.1 Å². The minimum atomic E-state index is -0.0284. The fraction of sp³-hybridized carbons (Fsp3) is 0.333. The summed E-state index contributed by atoms with van der Waals surface area (Å²) in [5.74, 6) is -0.0284. The van der Waals surface area contributed by atoms with Crippen LogP contribution >= 0.6 is 0 Å². The molecule has 0 bridgehead atoms. The van der Waals surface area contributed by atoms with Crippen LogP contribution in [-0.2, 0) is 4.74 Å². The highest BCUT2D eigenvalue weighted by molar-refractivity contribution is 5.94. The normalized spacial score (nSPS) is 9.81. The van der Waals surface area contributed by atoms with Crippen LogP contribution in [0.3, 0.4) is 0 Å². The molecule has 0 saturated carbocycles. The van der Waals surface area contributed by atoms with E-state index in [9.17, 15) is 4.79 Å². The molecule has 0 aliphatic heterocycles. The van der Waals surface area contributed by atoms with Gasteiger partial charge in [0.2, 0.25) is 0 Å². The maximum atomic E-state index is 12.0. The van der Waals surface area contributed by atoms with Gasteiger partial charge >= 0.3 is 0 Å². The molecule has 0 aromatic carbocycles.